The number of piperidine rings is 1. The summed E-state index contributed by atoms with van der Waals surface area (Å²) in [6.07, 6.45) is -2.11. The molecule has 198 valence electrons. The standard InChI is InChI=1S/C25H30F6N4O/c1-16-21(23(36)33-34-10-6-3-7-11-34)32-22(35(16)15-17-8-4-2-5-9-17)18-12-19(24(26,27)28)14-20(13-18)25(29,30)31/h12-14,17H,2-11,15H2,1H3,(H,33,36). The van der Waals surface area contributed by atoms with Gasteiger partial charge in [0.15, 0.2) is 5.69 Å². The molecule has 4 rings (SSSR count). The third-order valence-corrected chi connectivity index (χ3v) is 7.06. The molecule has 1 saturated heterocycles. The second-order valence-electron chi connectivity index (χ2n) is 9.77. The fourth-order valence-electron chi connectivity index (χ4n) is 5.11. The molecular weight excluding hydrogens is 486 g/mol. The van der Waals surface area contributed by atoms with Crippen molar-refractivity contribution >= 4 is 5.91 Å². The van der Waals surface area contributed by atoms with E-state index in [1.54, 1.807) is 16.5 Å². The van der Waals surface area contributed by atoms with Gasteiger partial charge in [-0.1, -0.05) is 25.7 Å². The molecule has 2 heterocycles. The second-order valence-corrected chi connectivity index (χ2v) is 9.77. The molecule has 2 aliphatic rings. The SMILES string of the molecule is Cc1c(C(=O)NN2CCCCC2)nc(-c2cc(C(F)(F)F)cc(C(F)(F)F)c2)n1CC1CCCCC1. The Morgan fingerprint density at radius 3 is 2.03 bits per heavy atom. The first-order chi connectivity index (χ1) is 16.9. The Morgan fingerprint density at radius 1 is 0.917 bits per heavy atom. The second kappa shape index (κ2) is 10.4. The van der Waals surface area contributed by atoms with Gasteiger partial charge in [0.25, 0.3) is 5.91 Å². The van der Waals surface area contributed by atoms with Crippen LogP contribution in [0.4, 0.5) is 26.3 Å². The number of nitrogens with zero attached hydrogens (tertiary/aromatic N) is 3. The van der Waals surface area contributed by atoms with Gasteiger partial charge in [-0.2, -0.15) is 26.3 Å². The van der Waals surface area contributed by atoms with E-state index in [4.69, 9.17) is 0 Å². The van der Waals surface area contributed by atoms with Gasteiger partial charge in [0.2, 0.25) is 0 Å². The molecule has 5 nitrogen and oxygen atoms in total. The van der Waals surface area contributed by atoms with Gasteiger partial charge in [0.05, 0.1) is 11.1 Å². The zero-order chi connectivity index (χ0) is 26.1. The van der Waals surface area contributed by atoms with E-state index in [-0.39, 0.29) is 29.1 Å². The maximum absolute atomic E-state index is 13.5. The Kier molecular flexibility index (Phi) is 7.68. The topological polar surface area (TPSA) is 50.2 Å². The van der Waals surface area contributed by atoms with Crippen LogP contribution in [0.5, 0.6) is 0 Å². The first-order valence-electron chi connectivity index (χ1n) is 12.4. The average molecular weight is 517 g/mol. The average Bonchev–Trinajstić information content (AvgIpc) is 3.15. The molecule has 0 spiro atoms. The summed E-state index contributed by atoms with van der Waals surface area (Å²) in [5, 5.41) is 1.77. The molecule has 0 radical (unpaired) electrons. The van der Waals surface area contributed by atoms with Crippen molar-refractivity contribution in [2.24, 2.45) is 5.92 Å². The van der Waals surface area contributed by atoms with E-state index < -0.39 is 29.4 Å². The third-order valence-electron chi connectivity index (χ3n) is 7.06. The fourth-order valence-corrected chi connectivity index (χ4v) is 5.11. The van der Waals surface area contributed by atoms with Crippen LogP contribution in [0.1, 0.15) is 78.7 Å². The van der Waals surface area contributed by atoms with E-state index >= 15 is 0 Å². The summed E-state index contributed by atoms with van der Waals surface area (Å²) in [7, 11) is 0. The molecule has 11 heteroatoms. The number of benzene rings is 1. The van der Waals surface area contributed by atoms with Crippen LogP contribution in [0.25, 0.3) is 11.4 Å². The van der Waals surface area contributed by atoms with E-state index in [2.05, 4.69) is 10.4 Å². The van der Waals surface area contributed by atoms with E-state index in [1.165, 1.54) is 0 Å². The van der Waals surface area contributed by atoms with E-state index in [0.717, 1.165) is 51.4 Å². The van der Waals surface area contributed by atoms with E-state index in [1.807, 2.05) is 0 Å². The maximum atomic E-state index is 13.5. The van der Waals surface area contributed by atoms with Crippen molar-refractivity contribution in [2.75, 3.05) is 13.1 Å². The van der Waals surface area contributed by atoms with Crippen molar-refractivity contribution in [2.45, 2.75) is 77.2 Å². The molecule has 1 aromatic carbocycles. The van der Waals surface area contributed by atoms with Crippen LogP contribution in [-0.4, -0.2) is 33.6 Å². The molecule has 1 aliphatic carbocycles. The van der Waals surface area contributed by atoms with Gasteiger partial charge in [-0.05, 0) is 56.7 Å². The van der Waals surface area contributed by atoms with E-state index in [9.17, 15) is 31.1 Å². The van der Waals surface area contributed by atoms with Gasteiger partial charge < -0.3 is 4.57 Å². The molecule has 1 saturated carbocycles. The first-order valence-corrected chi connectivity index (χ1v) is 12.4. The fraction of sp³-hybridized carbons (Fsp3) is 0.600. The Bertz CT molecular complexity index is 1050. The molecule has 1 N–H and O–H groups in total. The van der Waals surface area contributed by atoms with Crippen LogP contribution in [0.2, 0.25) is 0 Å². The predicted octanol–water partition coefficient (Wildman–Crippen LogP) is 6.61. The van der Waals surface area contributed by atoms with Crippen LogP contribution in [0, 0.1) is 12.8 Å². The Labute approximate surface area is 205 Å². The molecule has 2 aromatic rings. The molecule has 1 amide bonds. The van der Waals surface area contributed by atoms with Gasteiger partial charge in [0, 0.05) is 30.9 Å². The van der Waals surface area contributed by atoms with Crippen LogP contribution in [-0.2, 0) is 18.9 Å². The predicted molar refractivity (Wildman–Crippen MR) is 122 cm³/mol. The largest absolute Gasteiger partial charge is 0.416 e. The molecule has 1 aromatic heterocycles. The molecule has 0 atom stereocenters. The quantitative estimate of drug-likeness (QED) is 0.455. The van der Waals surface area contributed by atoms with E-state index in [0.29, 0.717) is 37.5 Å². The summed E-state index contributed by atoms with van der Waals surface area (Å²) >= 11 is 0. The lowest BCUT2D eigenvalue weighted by Crippen LogP contribution is -2.45. The molecule has 2 fully saturated rings. The van der Waals surface area contributed by atoms with Crippen molar-refractivity contribution in [3.8, 4) is 11.4 Å². The molecule has 0 unspecified atom stereocenters. The minimum Gasteiger partial charge on any atom is -0.327 e. The van der Waals surface area contributed by atoms with Gasteiger partial charge in [-0.3, -0.25) is 10.2 Å². The van der Waals surface area contributed by atoms with Crippen molar-refractivity contribution in [3.63, 3.8) is 0 Å². The van der Waals surface area contributed by atoms with Crippen molar-refractivity contribution in [1.29, 1.82) is 0 Å². The third kappa shape index (κ3) is 6.04. The lowest BCUT2D eigenvalue weighted by atomic mass is 9.89. The highest BCUT2D eigenvalue weighted by atomic mass is 19.4. The molecular formula is C25H30F6N4O. The highest BCUT2D eigenvalue weighted by molar-refractivity contribution is 5.94. The number of halogens is 6. The highest BCUT2D eigenvalue weighted by Gasteiger charge is 2.38. The number of nitrogens with one attached hydrogen (secondary N) is 1. The number of aromatic nitrogens is 2. The number of carbonyl (C=O) groups is 1. The number of carbonyl (C=O) groups excluding carboxylic acids is 1. The van der Waals surface area contributed by atoms with Gasteiger partial charge in [-0.25, -0.2) is 9.99 Å². The van der Waals surface area contributed by atoms with Gasteiger partial charge in [-0.15, -0.1) is 0 Å². The lowest BCUT2D eigenvalue weighted by molar-refractivity contribution is -0.143. The summed E-state index contributed by atoms with van der Waals surface area (Å²) in [4.78, 5) is 17.4. The van der Waals surface area contributed by atoms with Crippen molar-refractivity contribution < 1.29 is 31.1 Å². The molecule has 1 aliphatic heterocycles. The molecule has 36 heavy (non-hydrogen) atoms. The monoisotopic (exact) mass is 516 g/mol. The summed E-state index contributed by atoms with van der Waals surface area (Å²) in [6, 6.07) is 1.47. The summed E-state index contributed by atoms with van der Waals surface area (Å²) < 4.78 is 82.8. The Morgan fingerprint density at radius 2 is 1.47 bits per heavy atom. The van der Waals surface area contributed by atoms with Crippen LogP contribution in [0.15, 0.2) is 18.2 Å². The normalized spacial score (nSPS) is 18.4. The van der Waals surface area contributed by atoms with Crippen LogP contribution in [0.3, 0.4) is 0 Å². The minimum absolute atomic E-state index is 0.0114. The Balaban J connectivity index is 1.79. The van der Waals surface area contributed by atoms with Crippen LogP contribution >= 0.6 is 0 Å². The summed E-state index contributed by atoms with van der Waals surface area (Å²) in [5.41, 5.74) is 0.116. The zero-order valence-electron chi connectivity index (χ0n) is 20.1. The van der Waals surface area contributed by atoms with Crippen molar-refractivity contribution in [3.05, 3.63) is 40.7 Å². The first kappa shape index (κ1) is 26.5. The number of rotatable bonds is 5. The summed E-state index contributed by atoms with van der Waals surface area (Å²) in [5.74, 6) is -0.365. The van der Waals surface area contributed by atoms with Crippen molar-refractivity contribution in [1.82, 2.24) is 20.0 Å². The number of imidazole rings is 1. The minimum atomic E-state index is -4.97. The highest BCUT2D eigenvalue weighted by Crippen LogP contribution is 2.39. The van der Waals surface area contributed by atoms with Gasteiger partial charge in [0.1, 0.15) is 5.82 Å². The molecule has 0 bridgehead atoms. The summed E-state index contributed by atoms with van der Waals surface area (Å²) in [6.45, 7) is 3.36. The zero-order valence-corrected chi connectivity index (χ0v) is 20.1. The number of alkyl halides is 6. The smallest absolute Gasteiger partial charge is 0.327 e. The maximum Gasteiger partial charge on any atom is 0.416 e. The number of hydrogen-bond acceptors (Lipinski definition) is 3. The van der Waals surface area contributed by atoms with Crippen LogP contribution < -0.4 is 5.43 Å². The van der Waals surface area contributed by atoms with Gasteiger partial charge >= 0.3 is 12.4 Å². The Hall–Kier alpha value is -2.56. The number of hydrogen-bond donors (Lipinski definition) is 1. The lowest BCUT2D eigenvalue weighted by Gasteiger charge is -2.26. The number of amides is 1. The number of hydrazine groups is 1.